The van der Waals surface area contributed by atoms with Crippen LogP contribution in [0.2, 0.25) is 20.1 Å². The summed E-state index contributed by atoms with van der Waals surface area (Å²) in [6, 6.07) is 14.5. The smallest absolute Gasteiger partial charge is 0.264 e. The van der Waals surface area contributed by atoms with Gasteiger partial charge in [0.25, 0.3) is 10.0 Å². The van der Waals surface area contributed by atoms with Gasteiger partial charge in [-0.15, -0.1) is 0 Å². The van der Waals surface area contributed by atoms with Crippen molar-refractivity contribution in [3.8, 4) is 0 Å². The summed E-state index contributed by atoms with van der Waals surface area (Å²) < 4.78 is 28.8. The van der Waals surface area contributed by atoms with Gasteiger partial charge in [-0.25, -0.2) is 8.42 Å². The Morgan fingerprint density at radius 2 is 1.56 bits per heavy atom. The van der Waals surface area contributed by atoms with Crippen LogP contribution in [0, 0.1) is 6.92 Å². The molecule has 0 saturated carbocycles. The Hall–Kier alpha value is -2.49. The van der Waals surface area contributed by atoms with Crippen molar-refractivity contribution < 1.29 is 18.0 Å². The van der Waals surface area contributed by atoms with Crippen molar-refractivity contribution in [3.63, 3.8) is 0 Å². The van der Waals surface area contributed by atoms with Crippen LogP contribution in [-0.4, -0.2) is 44.3 Å². The van der Waals surface area contributed by atoms with Crippen LogP contribution >= 0.6 is 46.4 Å². The van der Waals surface area contributed by atoms with Gasteiger partial charge in [0.2, 0.25) is 11.8 Å². The molecule has 2 amide bonds. The standard InChI is InChI=1S/C29H31Cl4N3O4S/c1-4-5-15-34-29(38)20(3)35(17-23-24(31)7-6-8-25(23)32)28(37)18-36(27-16-21(30)11-14-26(27)33)41(39,40)22-12-9-19(2)10-13-22/h6-14,16,20H,4-5,15,17-18H2,1-3H3,(H,34,38)/t20-/m0/s1. The molecule has 1 atom stereocenters. The van der Waals surface area contributed by atoms with Crippen LogP contribution in [0.5, 0.6) is 0 Å². The lowest BCUT2D eigenvalue weighted by Gasteiger charge is -2.32. The summed E-state index contributed by atoms with van der Waals surface area (Å²) in [5.74, 6) is -1.07. The van der Waals surface area contributed by atoms with E-state index in [-0.39, 0.29) is 27.2 Å². The zero-order chi connectivity index (χ0) is 30.3. The summed E-state index contributed by atoms with van der Waals surface area (Å²) in [6.45, 7) is 5.01. The van der Waals surface area contributed by atoms with Gasteiger partial charge in [0.15, 0.2) is 0 Å². The molecule has 3 aromatic carbocycles. The quantitative estimate of drug-likeness (QED) is 0.210. The maximum Gasteiger partial charge on any atom is 0.264 e. The van der Waals surface area contributed by atoms with Crippen LogP contribution in [0.1, 0.15) is 37.8 Å². The number of hydrogen-bond donors (Lipinski definition) is 1. The van der Waals surface area contributed by atoms with E-state index >= 15 is 0 Å². The number of sulfonamides is 1. The zero-order valence-corrected chi connectivity index (χ0v) is 26.7. The first-order chi connectivity index (χ1) is 19.4. The molecule has 0 radical (unpaired) electrons. The number of halogens is 4. The average molecular weight is 659 g/mol. The van der Waals surface area contributed by atoms with E-state index in [2.05, 4.69) is 5.32 Å². The van der Waals surface area contributed by atoms with Gasteiger partial charge in [-0.2, -0.15) is 0 Å². The number of unbranched alkanes of at least 4 members (excludes halogenated alkanes) is 1. The van der Waals surface area contributed by atoms with Crippen LogP contribution < -0.4 is 9.62 Å². The number of hydrogen-bond acceptors (Lipinski definition) is 4. The highest BCUT2D eigenvalue weighted by Gasteiger charge is 2.34. The van der Waals surface area contributed by atoms with E-state index in [1.807, 2.05) is 13.8 Å². The van der Waals surface area contributed by atoms with Gasteiger partial charge in [0, 0.05) is 33.7 Å². The summed E-state index contributed by atoms with van der Waals surface area (Å²) in [5, 5.41) is 3.73. The minimum absolute atomic E-state index is 0.0175. The largest absolute Gasteiger partial charge is 0.354 e. The van der Waals surface area contributed by atoms with Crippen LogP contribution in [0.15, 0.2) is 65.6 Å². The molecular weight excluding hydrogens is 628 g/mol. The Morgan fingerprint density at radius 3 is 2.17 bits per heavy atom. The van der Waals surface area contributed by atoms with Gasteiger partial charge < -0.3 is 10.2 Å². The Labute approximate surface area is 261 Å². The molecule has 0 unspecified atom stereocenters. The molecule has 3 rings (SSSR count). The predicted molar refractivity (Wildman–Crippen MR) is 167 cm³/mol. The van der Waals surface area contributed by atoms with Gasteiger partial charge in [-0.05, 0) is 62.7 Å². The molecule has 0 spiro atoms. The number of benzene rings is 3. The highest BCUT2D eigenvalue weighted by molar-refractivity contribution is 7.92. The van der Waals surface area contributed by atoms with Gasteiger partial charge in [-0.3, -0.25) is 13.9 Å². The van der Waals surface area contributed by atoms with Crippen molar-refractivity contribution in [1.29, 1.82) is 0 Å². The molecule has 0 saturated heterocycles. The normalized spacial score (nSPS) is 12.1. The molecule has 41 heavy (non-hydrogen) atoms. The summed E-state index contributed by atoms with van der Waals surface area (Å²) >= 11 is 25.5. The van der Waals surface area contributed by atoms with Crippen LogP contribution in [0.4, 0.5) is 5.69 Å². The summed E-state index contributed by atoms with van der Waals surface area (Å²) in [7, 11) is -4.30. The van der Waals surface area contributed by atoms with E-state index in [1.165, 1.54) is 35.2 Å². The molecule has 3 aromatic rings. The third kappa shape index (κ3) is 8.30. The second-order valence-electron chi connectivity index (χ2n) is 9.46. The van der Waals surface area contributed by atoms with E-state index in [0.717, 1.165) is 22.7 Å². The Kier molecular flexibility index (Phi) is 11.8. The number of aryl methyl sites for hydroxylation is 1. The molecule has 7 nitrogen and oxygen atoms in total. The van der Waals surface area contributed by atoms with Crippen LogP contribution in [0.3, 0.4) is 0 Å². The molecule has 0 fully saturated rings. The maximum atomic E-state index is 14.0. The van der Waals surface area contributed by atoms with Crippen LogP contribution in [-0.2, 0) is 26.2 Å². The number of amides is 2. The third-order valence-corrected chi connectivity index (χ3v) is 9.49. The first kappa shape index (κ1) is 33.0. The Bertz CT molecular complexity index is 1480. The van der Waals surface area contributed by atoms with Crippen molar-refractivity contribution >= 4 is 73.9 Å². The molecule has 220 valence electrons. The van der Waals surface area contributed by atoms with E-state index in [9.17, 15) is 18.0 Å². The van der Waals surface area contributed by atoms with Crippen molar-refractivity contribution in [2.45, 2.75) is 51.1 Å². The molecule has 0 aromatic heterocycles. The zero-order valence-electron chi connectivity index (χ0n) is 22.8. The van der Waals surface area contributed by atoms with Gasteiger partial charge in [0.1, 0.15) is 12.6 Å². The van der Waals surface area contributed by atoms with Crippen molar-refractivity contribution in [2.24, 2.45) is 0 Å². The third-order valence-electron chi connectivity index (χ3n) is 6.45. The van der Waals surface area contributed by atoms with Crippen molar-refractivity contribution in [3.05, 3.63) is 91.9 Å². The van der Waals surface area contributed by atoms with Crippen molar-refractivity contribution in [2.75, 3.05) is 17.4 Å². The molecule has 0 aliphatic rings. The lowest BCUT2D eigenvalue weighted by Crippen LogP contribution is -2.51. The van der Waals surface area contributed by atoms with Gasteiger partial charge in [0.05, 0.1) is 15.6 Å². The number of anilines is 1. The number of nitrogens with zero attached hydrogens (tertiary/aromatic N) is 2. The first-order valence-corrected chi connectivity index (χ1v) is 15.9. The molecule has 0 aliphatic heterocycles. The second kappa shape index (κ2) is 14.6. The topological polar surface area (TPSA) is 86.8 Å². The summed E-state index contributed by atoms with van der Waals surface area (Å²) in [4.78, 5) is 28.3. The number of rotatable bonds is 12. The highest BCUT2D eigenvalue weighted by atomic mass is 35.5. The fourth-order valence-corrected chi connectivity index (χ4v) is 6.38. The minimum Gasteiger partial charge on any atom is -0.354 e. The van der Waals surface area contributed by atoms with E-state index in [0.29, 0.717) is 22.2 Å². The van der Waals surface area contributed by atoms with E-state index in [4.69, 9.17) is 46.4 Å². The summed E-state index contributed by atoms with van der Waals surface area (Å²) in [6.07, 6.45) is 1.64. The SMILES string of the molecule is CCCCNC(=O)[C@H](C)N(Cc1c(Cl)cccc1Cl)C(=O)CN(c1cc(Cl)ccc1Cl)S(=O)(=O)c1ccc(C)cc1. The molecule has 0 aliphatic carbocycles. The summed E-state index contributed by atoms with van der Waals surface area (Å²) in [5.41, 5.74) is 1.30. The van der Waals surface area contributed by atoms with Gasteiger partial charge >= 0.3 is 0 Å². The minimum atomic E-state index is -4.30. The highest BCUT2D eigenvalue weighted by Crippen LogP contribution is 2.34. The molecular formula is C29H31Cl4N3O4S. The van der Waals surface area contributed by atoms with E-state index < -0.39 is 34.4 Å². The number of carbonyl (C=O) groups is 2. The lowest BCUT2D eigenvalue weighted by atomic mass is 10.1. The Balaban J connectivity index is 2.08. The van der Waals surface area contributed by atoms with E-state index in [1.54, 1.807) is 37.3 Å². The first-order valence-electron chi connectivity index (χ1n) is 12.9. The Morgan fingerprint density at radius 1 is 0.927 bits per heavy atom. The van der Waals surface area contributed by atoms with Crippen LogP contribution in [0.25, 0.3) is 0 Å². The predicted octanol–water partition coefficient (Wildman–Crippen LogP) is 7.14. The maximum absolute atomic E-state index is 14.0. The fraction of sp³-hybridized carbons (Fsp3) is 0.310. The van der Waals surface area contributed by atoms with Crippen molar-refractivity contribution in [1.82, 2.24) is 10.2 Å². The average Bonchev–Trinajstić information content (AvgIpc) is 2.93. The second-order valence-corrected chi connectivity index (χ2v) is 13.0. The molecule has 12 heteroatoms. The lowest BCUT2D eigenvalue weighted by molar-refractivity contribution is -0.139. The number of carbonyl (C=O) groups excluding carboxylic acids is 2. The fourth-order valence-electron chi connectivity index (χ4n) is 4.00. The number of nitrogens with one attached hydrogen (secondary N) is 1. The van der Waals surface area contributed by atoms with Gasteiger partial charge in [-0.1, -0.05) is 83.5 Å². The molecule has 0 bridgehead atoms. The monoisotopic (exact) mass is 657 g/mol. The molecule has 1 N–H and O–H groups in total. The molecule has 0 heterocycles.